The highest BCUT2D eigenvalue weighted by Gasteiger charge is 2.21. The van der Waals surface area contributed by atoms with Crippen molar-refractivity contribution in [1.82, 2.24) is 4.90 Å². The zero-order valence-corrected chi connectivity index (χ0v) is 11.7. The maximum atomic E-state index is 5.67. The monoisotopic (exact) mass is 231 g/mol. The molecule has 1 fully saturated rings. The zero-order valence-electron chi connectivity index (χ0n) is 11.7. The Labute approximate surface area is 101 Å². The maximum Gasteiger partial charge on any atom is 0.0678 e. The van der Waals surface area contributed by atoms with Crippen molar-refractivity contribution in [2.45, 2.75) is 53.2 Å². The van der Waals surface area contributed by atoms with Gasteiger partial charge >= 0.3 is 0 Å². The summed E-state index contributed by atoms with van der Waals surface area (Å²) in [7, 11) is 0. The van der Waals surface area contributed by atoms with Crippen LogP contribution in [0.2, 0.25) is 0 Å². The minimum absolute atomic E-state index is 0.380. The van der Waals surface area contributed by atoms with Gasteiger partial charge in [-0.1, -0.05) is 13.8 Å². The summed E-state index contributed by atoms with van der Waals surface area (Å²) in [6, 6.07) is 0. The van der Waals surface area contributed by atoms with Crippen molar-refractivity contribution < 1.29 is 9.47 Å². The fraction of sp³-hybridized carbons (Fsp3) is 1.00. The van der Waals surface area contributed by atoms with Gasteiger partial charge in [0.25, 0.3) is 0 Å². The lowest BCUT2D eigenvalue weighted by atomic mass is 10.2. The van der Waals surface area contributed by atoms with E-state index in [0.29, 0.717) is 12.2 Å². The van der Waals surface area contributed by atoms with E-state index in [1.807, 2.05) is 20.8 Å². The van der Waals surface area contributed by atoms with Gasteiger partial charge in [-0.2, -0.15) is 0 Å². The Morgan fingerprint density at radius 1 is 1.19 bits per heavy atom. The Morgan fingerprint density at radius 3 is 2.25 bits per heavy atom. The minimum atomic E-state index is 0.380. The van der Waals surface area contributed by atoms with E-state index in [4.69, 9.17) is 9.47 Å². The number of hydrogen-bond donors (Lipinski definition) is 0. The molecule has 0 aromatic heterocycles. The molecule has 0 aliphatic carbocycles. The van der Waals surface area contributed by atoms with Crippen LogP contribution in [0.25, 0.3) is 0 Å². The Morgan fingerprint density at radius 2 is 1.75 bits per heavy atom. The smallest absolute Gasteiger partial charge is 0.0678 e. The van der Waals surface area contributed by atoms with E-state index in [-0.39, 0.29) is 0 Å². The van der Waals surface area contributed by atoms with Crippen molar-refractivity contribution in [3.63, 3.8) is 0 Å². The summed E-state index contributed by atoms with van der Waals surface area (Å²) in [5, 5.41) is 0. The van der Waals surface area contributed by atoms with Crippen LogP contribution in [-0.2, 0) is 9.47 Å². The van der Waals surface area contributed by atoms with Crippen LogP contribution < -0.4 is 0 Å². The first-order chi connectivity index (χ1) is 7.72. The Bertz CT molecular complexity index is 143. The van der Waals surface area contributed by atoms with Gasteiger partial charge in [0.2, 0.25) is 0 Å². The van der Waals surface area contributed by atoms with E-state index in [2.05, 4.69) is 18.7 Å². The van der Waals surface area contributed by atoms with E-state index >= 15 is 0 Å². The van der Waals surface area contributed by atoms with Crippen molar-refractivity contribution in [1.29, 1.82) is 0 Å². The molecule has 0 radical (unpaired) electrons. The predicted octanol–water partition coefficient (Wildman–Crippen LogP) is 2.55. The highest BCUT2D eigenvalue weighted by molar-refractivity contribution is 4.72. The number of ether oxygens (including phenoxy) is 2. The molecule has 16 heavy (non-hydrogen) atoms. The molecule has 3 nitrogen and oxygen atoms in total. The lowest BCUT2D eigenvalue weighted by molar-refractivity contribution is -0.0692. The molecule has 98 valence electrons. The Balaban J connectivity index is 0.00000106. The van der Waals surface area contributed by atoms with Gasteiger partial charge in [0, 0.05) is 32.8 Å². The van der Waals surface area contributed by atoms with Gasteiger partial charge in [-0.15, -0.1) is 0 Å². The summed E-state index contributed by atoms with van der Waals surface area (Å²) in [5.74, 6) is 0. The van der Waals surface area contributed by atoms with Crippen LogP contribution in [0.4, 0.5) is 0 Å². The van der Waals surface area contributed by atoms with Crippen molar-refractivity contribution in [2.75, 3.05) is 32.8 Å². The molecule has 0 spiro atoms. The zero-order chi connectivity index (χ0) is 12.4. The largest absolute Gasteiger partial charge is 0.382 e. The predicted molar refractivity (Wildman–Crippen MR) is 68.9 cm³/mol. The standard InChI is InChI=1S/C11H23NO2.C2H6/c1-4-13-7-5-6-12-8-10(2)14-11(3)9-12;1-2/h10-11H,4-9H2,1-3H3;1-2H3. The summed E-state index contributed by atoms with van der Waals surface area (Å²) in [6.45, 7) is 15.3. The lowest BCUT2D eigenvalue weighted by Gasteiger charge is -2.35. The molecular weight excluding hydrogens is 202 g/mol. The van der Waals surface area contributed by atoms with Gasteiger partial charge in [-0.05, 0) is 27.2 Å². The third kappa shape index (κ3) is 7.20. The topological polar surface area (TPSA) is 21.7 Å². The summed E-state index contributed by atoms with van der Waals surface area (Å²) >= 11 is 0. The van der Waals surface area contributed by atoms with Crippen LogP contribution in [0.5, 0.6) is 0 Å². The van der Waals surface area contributed by atoms with Gasteiger partial charge in [0.15, 0.2) is 0 Å². The lowest BCUT2D eigenvalue weighted by Crippen LogP contribution is -2.45. The summed E-state index contributed by atoms with van der Waals surface area (Å²) < 4.78 is 11.0. The number of morpholine rings is 1. The Kier molecular flexibility index (Phi) is 9.99. The third-order valence-electron chi connectivity index (χ3n) is 2.46. The first-order valence-electron chi connectivity index (χ1n) is 6.68. The van der Waals surface area contributed by atoms with Crippen LogP contribution in [0.15, 0.2) is 0 Å². The number of hydrogen-bond acceptors (Lipinski definition) is 3. The minimum Gasteiger partial charge on any atom is -0.382 e. The average molecular weight is 231 g/mol. The highest BCUT2D eigenvalue weighted by Crippen LogP contribution is 2.10. The first-order valence-corrected chi connectivity index (χ1v) is 6.68. The van der Waals surface area contributed by atoms with Crippen LogP contribution in [0.3, 0.4) is 0 Å². The third-order valence-corrected chi connectivity index (χ3v) is 2.46. The molecule has 0 amide bonds. The van der Waals surface area contributed by atoms with Crippen molar-refractivity contribution >= 4 is 0 Å². The fourth-order valence-corrected chi connectivity index (χ4v) is 2.00. The van der Waals surface area contributed by atoms with E-state index in [1.165, 1.54) is 0 Å². The molecule has 2 unspecified atom stereocenters. The second-order valence-corrected chi connectivity index (χ2v) is 4.07. The first kappa shape index (κ1) is 15.9. The molecule has 1 heterocycles. The van der Waals surface area contributed by atoms with Gasteiger partial charge in [-0.25, -0.2) is 0 Å². The van der Waals surface area contributed by atoms with E-state index in [0.717, 1.165) is 39.3 Å². The highest BCUT2D eigenvalue weighted by atomic mass is 16.5. The number of rotatable bonds is 5. The molecule has 1 saturated heterocycles. The fourth-order valence-electron chi connectivity index (χ4n) is 2.00. The molecule has 1 aliphatic heterocycles. The van der Waals surface area contributed by atoms with Crippen LogP contribution in [0.1, 0.15) is 41.0 Å². The molecule has 1 rings (SSSR count). The van der Waals surface area contributed by atoms with Crippen molar-refractivity contribution in [3.8, 4) is 0 Å². The number of nitrogens with zero attached hydrogens (tertiary/aromatic N) is 1. The molecule has 1 aliphatic rings. The van der Waals surface area contributed by atoms with Crippen molar-refractivity contribution in [2.24, 2.45) is 0 Å². The molecule has 0 bridgehead atoms. The van der Waals surface area contributed by atoms with Crippen LogP contribution in [-0.4, -0.2) is 50.0 Å². The molecule has 0 aromatic carbocycles. The van der Waals surface area contributed by atoms with Crippen LogP contribution in [0, 0.1) is 0 Å². The second-order valence-electron chi connectivity index (χ2n) is 4.07. The second kappa shape index (κ2) is 10.1. The summed E-state index contributed by atoms with van der Waals surface area (Å²) in [5.41, 5.74) is 0. The average Bonchev–Trinajstić information content (AvgIpc) is 2.26. The quantitative estimate of drug-likeness (QED) is 0.679. The van der Waals surface area contributed by atoms with E-state index in [9.17, 15) is 0 Å². The molecule has 0 aromatic rings. The summed E-state index contributed by atoms with van der Waals surface area (Å²) in [4.78, 5) is 2.47. The van der Waals surface area contributed by atoms with Gasteiger partial charge < -0.3 is 9.47 Å². The summed E-state index contributed by atoms with van der Waals surface area (Å²) in [6.07, 6.45) is 1.89. The van der Waals surface area contributed by atoms with Crippen molar-refractivity contribution in [3.05, 3.63) is 0 Å². The normalized spacial score (nSPS) is 26.1. The molecule has 0 N–H and O–H groups in total. The Hall–Kier alpha value is -0.120. The van der Waals surface area contributed by atoms with Gasteiger partial charge in [0.1, 0.15) is 0 Å². The van der Waals surface area contributed by atoms with E-state index in [1.54, 1.807) is 0 Å². The molecular formula is C13H29NO2. The SMILES string of the molecule is CC.CCOCCCN1CC(C)OC(C)C1. The maximum absolute atomic E-state index is 5.67. The van der Waals surface area contributed by atoms with Gasteiger partial charge in [0.05, 0.1) is 12.2 Å². The molecule has 2 atom stereocenters. The molecule has 3 heteroatoms. The molecule has 0 saturated carbocycles. The van der Waals surface area contributed by atoms with E-state index < -0.39 is 0 Å². The van der Waals surface area contributed by atoms with Crippen LogP contribution >= 0.6 is 0 Å². The van der Waals surface area contributed by atoms with Gasteiger partial charge in [-0.3, -0.25) is 4.90 Å².